The van der Waals surface area contributed by atoms with E-state index in [1.165, 1.54) is 5.39 Å². The van der Waals surface area contributed by atoms with Gasteiger partial charge in [-0.25, -0.2) is 0 Å². The number of carbonyl (C=O) groups excluding carboxylic acids is 1. The number of nitrogens with one attached hydrogen (secondary N) is 1. The molecule has 1 N–H and O–H groups in total. The summed E-state index contributed by atoms with van der Waals surface area (Å²) >= 11 is 0. The van der Waals surface area contributed by atoms with E-state index in [4.69, 9.17) is 0 Å². The summed E-state index contributed by atoms with van der Waals surface area (Å²) in [5.74, 6) is 0. The minimum Gasteiger partial charge on any atom is -0.354 e. The number of pyridine rings is 1. The maximum atomic E-state index is 10.8. The molecule has 0 spiro atoms. The van der Waals surface area contributed by atoms with Crippen molar-refractivity contribution in [3.8, 4) is 22.4 Å². The fourth-order valence-corrected chi connectivity index (χ4v) is 2.73. The Balaban J connectivity index is 0.000000784. The molecule has 3 nitrogen and oxygen atoms in total. The standard InChI is InChI=1S/C20H14N2O.C2H6.H2/c23-13-14-5-7-15(8-6-14)17-9-18(12-21-11-17)20-10-16-3-1-2-4-19(16)22-20;1-2;/h1-13,22H;1-2H3;1H. The molecule has 0 atom stereocenters. The van der Waals surface area contributed by atoms with Gasteiger partial charge in [-0.05, 0) is 23.8 Å². The number of carbonyl (C=O) groups is 1. The molecule has 25 heavy (non-hydrogen) atoms. The summed E-state index contributed by atoms with van der Waals surface area (Å²) in [7, 11) is 0. The van der Waals surface area contributed by atoms with Crippen LogP contribution in [0.3, 0.4) is 0 Å². The highest BCUT2D eigenvalue weighted by Gasteiger charge is 2.06. The Morgan fingerprint density at radius 1 is 0.880 bits per heavy atom. The van der Waals surface area contributed by atoms with Gasteiger partial charge in [0.05, 0.1) is 0 Å². The first-order valence-corrected chi connectivity index (χ1v) is 8.42. The molecule has 0 fully saturated rings. The topological polar surface area (TPSA) is 45.8 Å². The van der Waals surface area contributed by atoms with Crippen LogP contribution < -0.4 is 0 Å². The number of para-hydroxylation sites is 1. The molecule has 0 bridgehead atoms. The lowest BCUT2D eigenvalue weighted by Gasteiger charge is -2.04. The fraction of sp³-hybridized carbons (Fsp3) is 0.0909. The molecule has 0 unspecified atom stereocenters. The van der Waals surface area contributed by atoms with Crippen LogP contribution in [0.25, 0.3) is 33.3 Å². The van der Waals surface area contributed by atoms with Gasteiger partial charge < -0.3 is 4.98 Å². The molecule has 4 rings (SSSR count). The summed E-state index contributed by atoms with van der Waals surface area (Å²) in [4.78, 5) is 18.5. The van der Waals surface area contributed by atoms with Gasteiger partial charge in [0, 0.05) is 47.1 Å². The number of aromatic amines is 1. The Kier molecular flexibility index (Phi) is 5.05. The Bertz CT molecular complexity index is 957. The van der Waals surface area contributed by atoms with E-state index < -0.39 is 0 Å². The third kappa shape index (κ3) is 3.50. The van der Waals surface area contributed by atoms with E-state index in [2.05, 4.69) is 34.2 Å². The molecule has 2 aromatic carbocycles. The van der Waals surface area contributed by atoms with E-state index in [0.717, 1.165) is 34.2 Å². The zero-order valence-electron chi connectivity index (χ0n) is 14.4. The third-order valence-corrected chi connectivity index (χ3v) is 3.96. The lowest BCUT2D eigenvalue weighted by molar-refractivity contribution is 0.112. The van der Waals surface area contributed by atoms with Gasteiger partial charge in [0.2, 0.25) is 0 Å². The van der Waals surface area contributed by atoms with Crippen molar-refractivity contribution >= 4 is 17.2 Å². The number of aromatic nitrogens is 2. The second-order valence-electron chi connectivity index (χ2n) is 5.47. The summed E-state index contributed by atoms with van der Waals surface area (Å²) in [6, 6.07) is 20.0. The number of rotatable bonds is 3. The molecule has 0 aliphatic rings. The van der Waals surface area contributed by atoms with E-state index in [1.54, 1.807) is 0 Å². The Hall–Kier alpha value is -3.20. The molecular weight excluding hydrogens is 308 g/mol. The molecule has 0 amide bonds. The minimum atomic E-state index is 0. The first kappa shape index (κ1) is 16.7. The zero-order valence-corrected chi connectivity index (χ0v) is 14.4. The van der Waals surface area contributed by atoms with Crippen molar-refractivity contribution in [3.05, 3.63) is 78.6 Å². The molecule has 2 heterocycles. The largest absolute Gasteiger partial charge is 0.354 e. The number of benzene rings is 2. The van der Waals surface area contributed by atoms with E-state index >= 15 is 0 Å². The van der Waals surface area contributed by atoms with Gasteiger partial charge in [-0.1, -0.05) is 56.3 Å². The highest BCUT2D eigenvalue weighted by molar-refractivity contribution is 5.86. The van der Waals surface area contributed by atoms with Crippen LogP contribution in [0.15, 0.2) is 73.1 Å². The van der Waals surface area contributed by atoms with Gasteiger partial charge in [-0.2, -0.15) is 0 Å². The molecule has 0 aliphatic heterocycles. The Morgan fingerprint density at radius 3 is 2.32 bits per heavy atom. The van der Waals surface area contributed by atoms with Crippen molar-refractivity contribution in [3.63, 3.8) is 0 Å². The van der Waals surface area contributed by atoms with Gasteiger partial charge in [0.1, 0.15) is 6.29 Å². The van der Waals surface area contributed by atoms with Crippen molar-refractivity contribution in [1.29, 1.82) is 0 Å². The van der Waals surface area contributed by atoms with Crippen LogP contribution in [-0.4, -0.2) is 16.3 Å². The van der Waals surface area contributed by atoms with Gasteiger partial charge in [0.15, 0.2) is 0 Å². The normalized spacial score (nSPS) is 10.2. The van der Waals surface area contributed by atoms with Gasteiger partial charge in [-0.15, -0.1) is 0 Å². The molecule has 0 saturated carbocycles. The molecule has 0 saturated heterocycles. The smallest absolute Gasteiger partial charge is 0.150 e. The van der Waals surface area contributed by atoms with Gasteiger partial charge >= 0.3 is 0 Å². The minimum absolute atomic E-state index is 0. The number of fused-ring (bicyclic) bond motifs is 1. The summed E-state index contributed by atoms with van der Waals surface area (Å²) in [6.07, 6.45) is 4.54. The van der Waals surface area contributed by atoms with Crippen molar-refractivity contribution < 1.29 is 6.22 Å². The highest BCUT2D eigenvalue weighted by atomic mass is 16.1. The number of hydrogen-bond acceptors (Lipinski definition) is 2. The highest BCUT2D eigenvalue weighted by Crippen LogP contribution is 2.27. The maximum absolute atomic E-state index is 10.8. The van der Waals surface area contributed by atoms with Crippen LogP contribution in [0.1, 0.15) is 25.6 Å². The van der Waals surface area contributed by atoms with Gasteiger partial charge in [0.25, 0.3) is 0 Å². The van der Waals surface area contributed by atoms with E-state index in [0.29, 0.717) is 5.56 Å². The first-order valence-electron chi connectivity index (χ1n) is 8.42. The fourth-order valence-electron chi connectivity index (χ4n) is 2.73. The second kappa shape index (κ2) is 7.58. The summed E-state index contributed by atoms with van der Waals surface area (Å²) in [5.41, 5.74) is 5.94. The molecule has 4 aromatic rings. The predicted octanol–water partition coefficient (Wildman–Crippen LogP) is 5.98. The van der Waals surface area contributed by atoms with Crippen LogP contribution in [0.4, 0.5) is 0 Å². The number of H-pyrrole nitrogens is 1. The van der Waals surface area contributed by atoms with Crippen molar-refractivity contribution in [1.82, 2.24) is 9.97 Å². The molecule has 126 valence electrons. The third-order valence-electron chi connectivity index (χ3n) is 3.96. The lowest BCUT2D eigenvalue weighted by Crippen LogP contribution is -1.85. The number of aldehydes is 1. The Labute approximate surface area is 148 Å². The van der Waals surface area contributed by atoms with Crippen molar-refractivity contribution in [2.45, 2.75) is 13.8 Å². The molecule has 0 radical (unpaired) electrons. The van der Waals surface area contributed by atoms with Crippen LogP contribution in [0, 0.1) is 0 Å². The summed E-state index contributed by atoms with van der Waals surface area (Å²) in [6.45, 7) is 4.00. The maximum Gasteiger partial charge on any atom is 0.150 e. The predicted molar refractivity (Wildman–Crippen MR) is 106 cm³/mol. The number of nitrogens with zero attached hydrogens (tertiary/aromatic N) is 1. The zero-order chi connectivity index (χ0) is 17.6. The van der Waals surface area contributed by atoms with Crippen molar-refractivity contribution in [2.24, 2.45) is 0 Å². The van der Waals surface area contributed by atoms with Crippen LogP contribution >= 0.6 is 0 Å². The van der Waals surface area contributed by atoms with E-state index in [9.17, 15) is 4.79 Å². The molecule has 0 aliphatic carbocycles. The quantitative estimate of drug-likeness (QED) is 0.469. The molecule has 2 aromatic heterocycles. The summed E-state index contributed by atoms with van der Waals surface area (Å²) < 4.78 is 0. The second-order valence-corrected chi connectivity index (χ2v) is 5.47. The Morgan fingerprint density at radius 2 is 1.60 bits per heavy atom. The SMILES string of the molecule is CC.O=Cc1ccc(-c2cncc(-c3cc4ccccc4[nH]3)c2)cc1.[HH]. The number of hydrogen-bond donors (Lipinski definition) is 1. The average Bonchev–Trinajstić information content (AvgIpc) is 3.14. The van der Waals surface area contributed by atoms with Crippen LogP contribution in [0.2, 0.25) is 0 Å². The van der Waals surface area contributed by atoms with E-state index in [1.807, 2.05) is 62.6 Å². The molecular formula is C22H22N2O. The average molecular weight is 330 g/mol. The van der Waals surface area contributed by atoms with Crippen LogP contribution in [0.5, 0.6) is 0 Å². The lowest BCUT2D eigenvalue weighted by atomic mass is 10.0. The monoisotopic (exact) mass is 330 g/mol. The van der Waals surface area contributed by atoms with Gasteiger partial charge in [-0.3, -0.25) is 9.78 Å². The molecule has 3 heteroatoms. The van der Waals surface area contributed by atoms with Crippen LogP contribution in [-0.2, 0) is 0 Å². The van der Waals surface area contributed by atoms with Crippen molar-refractivity contribution in [2.75, 3.05) is 0 Å². The summed E-state index contributed by atoms with van der Waals surface area (Å²) in [5, 5.41) is 1.18. The first-order chi connectivity index (χ1) is 12.3. The van der Waals surface area contributed by atoms with E-state index in [-0.39, 0.29) is 1.43 Å².